The monoisotopic (exact) mass is 424 g/mol. The largest absolute Gasteiger partial charge is 0.496 e. The Morgan fingerprint density at radius 3 is 2.42 bits per heavy atom. The highest BCUT2D eigenvalue weighted by Gasteiger charge is 2.33. The Labute approximate surface area is 185 Å². The first-order chi connectivity index (χ1) is 14.9. The number of hydrogen-bond acceptors (Lipinski definition) is 3. The number of piperazine rings is 1. The molecule has 0 N–H and O–H groups in total. The Bertz CT molecular complexity index is 949. The molecule has 2 aromatic rings. The van der Waals surface area contributed by atoms with Crippen LogP contribution in [0.2, 0.25) is 0 Å². The van der Waals surface area contributed by atoms with Crippen molar-refractivity contribution in [3.63, 3.8) is 0 Å². The smallest absolute Gasteiger partial charge is 0.225 e. The third-order valence-corrected chi connectivity index (χ3v) is 7.34. The van der Waals surface area contributed by atoms with Gasteiger partial charge >= 0.3 is 0 Å². The maximum atomic E-state index is 13.3. The molecule has 0 aromatic heterocycles. The Hall–Kier alpha value is -2.56. The zero-order valence-corrected chi connectivity index (χ0v) is 19.1. The van der Waals surface area contributed by atoms with Crippen LogP contribution in [0.25, 0.3) is 0 Å². The molecule has 2 aromatic carbocycles. The summed E-state index contributed by atoms with van der Waals surface area (Å²) in [6.07, 6.45) is 3.04. The van der Waals surface area contributed by atoms with E-state index in [9.17, 15) is 9.18 Å². The van der Waals surface area contributed by atoms with Crippen molar-refractivity contribution >= 4 is 11.6 Å². The number of methoxy groups -OCH3 is 1. The molecule has 2 atom stereocenters. The molecule has 4 nitrogen and oxygen atoms in total. The van der Waals surface area contributed by atoms with Gasteiger partial charge in [0.05, 0.1) is 7.11 Å². The summed E-state index contributed by atoms with van der Waals surface area (Å²) in [7, 11) is 1.73. The number of ether oxygens (including phenoxy) is 1. The molecule has 5 heteroatoms. The molecule has 4 rings (SSSR count). The van der Waals surface area contributed by atoms with E-state index in [2.05, 4.69) is 31.7 Å². The van der Waals surface area contributed by atoms with Crippen molar-refractivity contribution < 1.29 is 13.9 Å². The highest BCUT2D eigenvalue weighted by molar-refractivity contribution is 5.79. The van der Waals surface area contributed by atoms with Crippen molar-refractivity contribution in [2.45, 2.75) is 40.0 Å². The molecule has 0 radical (unpaired) electrons. The molecule has 1 aliphatic carbocycles. The van der Waals surface area contributed by atoms with Gasteiger partial charge in [-0.25, -0.2) is 4.39 Å². The lowest BCUT2D eigenvalue weighted by Crippen LogP contribution is -2.51. The minimum Gasteiger partial charge on any atom is -0.496 e. The number of rotatable bonds is 4. The Kier molecular flexibility index (Phi) is 6.22. The van der Waals surface area contributed by atoms with Gasteiger partial charge in [0.2, 0.25) is 5.91 Å². The van der Waals surface area contributed by atoms with Gasteiger partial charge < -0.3 is 14.5 Å². The predicted octanol–water partition coefficient (Wildman–Crippen LogP) is 4.54. The van der Waals surface area contributed by atoms with Crippen LogP contribution in [0.4, 0.5) is 10.1 Å². The van der Waals surface area contributed by atoms with Crippen molar-refractivity contribution in [1.29, 1.82) is 0 Å². The molecule has 1 aliphatic heterocycles. The van der Waals surface area contributed by atoms with E-state index in [4.69, 9.17) is 4.74 Å². The SMILES string of the molecule is COc1cc(C)c2c(c1C)C[C@H]([C@H](C)C(=O)N1CCN(c3ccc(F)cc3)CC1)CC2. The normalized spacial score (nSPS) is 19.7. The maximum absolute atomic E-state index is 13.3. The van der Waals surface area contributed by atoms with E-state index in [0.29, 0.717) is 5.92 Å². The number of benzene rings is 2. The van der Waals surface area contributed by atoms with E-state index in [0.717, 1.165) is 56.9 Å². The van der Waals surface area contributed by atoms with Gasteiger partial charge in [-0.2, -0.15) is 0 Å². The molecule has 0 unspecified atom stereocenters. The minimum atomic E-state index is -0.219. The highest BCUT2D eigenvalue weighted by Crippen LogP contribution is 2.38. The number of hydrogen-bond donors (Lipinski definition) is 0. The van der Waals surface area contributed by atoms with Gasteiger partial charge in [-0.3, -0.25) is 4.79 Å². The van der Waals surface area contributed by atoms with Crippen molar-refractivity contribution in [3.05, 3.63) is 58.4 Å². The topological polar surface area (TPSA) is 32.8 Å². The number of anilines is 1. The minimum absolute atomic E-state index is 0.0106. The van der Waals surface area contributed by atoms with Crippen molar-refractivity contribution in [2.24, 2.45) is 11.8 Å². The van der Waals surface area contributed by atoms with Crippen LogP contribution < -0.4 is 9.64 Å². The molecule has 166 valence electrons. The summed E-state index contributed by atoms with van der Waals surface area (Å²) >= 11 is 0. The third-order valence-electron chi connectivity index (χ3n) is 7.34. The number of fused-ring (bicyclic) bond motifs is 1. The van der Waals surface area contributed by atoms with Crippen LogP contribution in [-0.4, -0.2) is 44.1 Å². The summed E-state index contributed by atoms with van der Waals surface area (Å²) < 4.78 is 18.8. The standard InChI is InChI=1S/C26H33FN2O2/c1-17-15-25(31-4)19(3)24-16-20(5-10-23(17)24)18(2)26(30)29-13-11-28(12-14-29)22-8-6-21(27)7-9-22/h6-9,15,18,20H,5,10-14,16H2,1-4H3/t18-,20+/m0/s1. The number of amides is 1. The molecule has 1 amide bonds. The van der Waals surface area contributed by atoms with Gasteiger partial charge in [0.15, 0.2) is 0 Å². The summed E-state index contributed by atoms with van der Waals surface area (Å²) in [5.41, 5.74) is 6.37. The van der Waals surface area contributed by atoms with E-state index in [1.807, 2.05) is 17.0 Å². The molecule has 0 spiro atoms. The van der Waals surface area contributed by atoms with Crippen molar-refractivity contribution in [3.8, 4) is 5.75 Å². The van der Waals surface area contributed by atoms with Crippen LogP contribution >= 0.6 is 0 Å². The first-order valence-corrected chi connectivity index (χ1v) is 11.3. The van der Waals surface area contributed by atoms with Gasteiger partial charge in [0, 0.05) is 37.8 Å². The first-order valence-electron chi connectivity index (χ1n) is 11.3. The summed E-state index contributed by atoms with van der Waals surface area (Å²) in [5, 5.41) is 0. The maximum Gasteiger partial charge on any atom is 0.225 e. The number of nitrogens with zero attached hydrogens (tertiary/aromatic N) is 2. The van der Waals surface area contributed by atoms with E-state index >= 15 is 0 Å². The number of carbonyl (C=O) groups excluding carboxylic acids is 1. The summed E-state index contributed by atoms with van der Waals surface area (Å²) in [5.74, 6) is 1.37. The molecular weight excluding hydrogens is 391 g/mol. The third kappa shape index (κ3) is 4.28. The van der Waals surface area contributed by atoms with Gasteiger partial charge in [-0.1, -0.05) is 6.92 Å². The molecule has 2 aliphatic rings. The average Bonchev–Trinajstić information content (AvgIpc) is 2.80. The van der Waals surface area contributed by atoms with E-state index < -0.39 is 0 Å². The lowest BCUT2D eigenvalue weighted by atomic mass is 9.74. The van der Waals surface area contributed by atoms with E-state index in [-0.39, 0.29) is 17.6 Å². The average molecular weight is 425 g/mol. The molecule has 1 fully saturated rings. The van der Waals surface area contributed by atoms with Crippen molar-refractivity contribution in [2.75, 3.05) is 38.2 Å². The highest BCUT2D eigenvalue weighted by atomic mass is 19.1. The second-order valence-electron chi connectivity index (χ2n) is 9.06. The zero-order valence-electron chi connectivity index (χ0n) is 19.1. The fourth-order valence-corrected chi connectivity index (χ4v) is 5.29. The number of halogens is 1. The Morgan fingerprint density at radius 2 is 1.77 bits per heavy atom. The van der Waals surface area contributed by atoms with Gasteiger partial charge in [-0.05, 0) is 91.6 Å². The van der Waals surface area contributed by atoms with Crippen LogP contribution in [0.15, 0.2) is 30.3 Å². The van der Waals surface area contributed by atoms with Crippen LogP contribution in [0.5, 0.6) is 5.75 Å². The fraction of sp³-hybridized carbons (Fsp3) is 0.500. The lowest BCUT2D eigenvalue weighted by Gasteiger charge is -2.39. The van der Waals surface area contributed by atoms with Crippen molar-refractivity contribution in [1.82, 2.24) is 4.90 Å². The summed E-state index contributed by atoms with van der Waals surface area (Å²) in [4.78, 5) is 17.5. The first kappa shape index (κ1) is 21.7. The van der Waals surface area contributed by atoms with Crippen LogP contribution in [0.3, 0.4) is 0 Å². The number of aryl methyl sites for hydroxylation is 1. The van der Waals surface area contributed by atoms with Gasteiger partial charge in [0.1, 0.15) is 11.6 Å². The zero-order chi connectivity index (χ0) is 22.1. The van der Waals surface area contributed by atoms with Crippen LogP contribution in [-0.2, 0) is 17.6 Å². The van der Waals surface area contributed by atoms with E-state index in [1.54, 1.807) is 7.11 Å². The summed E-state index contributed by atoms with van der Waals surface area (Å²) in [6, 6.07) is 8.76. The molecular formula is C26H33FN2O2. The molecule has 1 saturated heterocycles. The molecule has 31 heavy (non-hydrogen) atoms. The lowest BCUT2D eigenvalue weighted by molar-refractivity contribution is -0.137. The van der Waals surface area contributed by atoms with Crippen LogP contribution in [0.1, 0.15) is 35.6 Å². The molecule has 0 bridgehead atoms. The Morgan fingerprint density at radius 1 is 1.10 bits per heavy atom. The van der Waals surface area contributed by atoms with Gasteiger partial charge in [-0.15, -0.1) is 0 Å². The van der Waals surface area contributed by atoms with Gasteiger partial charge in [0.25, 0.3) is 0 Å². The van der Waals surface area contributed by atoms with E-state index in [1.165, 1.54) is 34.4 Å². The summed E-state index contributed by atoms with van der Waals surface area (Å²) in [6.45, 7) is 9.41. The molecule has 0 saturated carbocycles. The number of carbonyl (C=O) groups is 1. The fourth-order valence-electron chi connectivity index (χ4n) is 5.29. The quantitative estimate of drug-likeness (QED) is 0.722. The second-order valence-corrected chi connectivity index (χ2v) is 9.06. The second kappa shape index (κ2) is 8.89. The van der Waals surface area contributed by atoms with Crippen LogP contribution in [0, 0.1) is 31.5 Å². The predicted molar refractivity (Wildman–Crippen MR) is 122 cm³/mol. The Balaban J connectivity index is 1.40. The molecule has 1 heterocycles.